The van der Waals surface area contributed by atoms with Crippen molar-refractivity contribution in [3.63, 3.8) is 0 Å². The number of hydrogen-bond acceptors (Lipinski definition) is 2. The van der Waals surface area contributed by atoms with E-state index >= 15 is 0 Å². The second-order valence-corrected chi connectivity index (χ2v) is 7.88. The van der Waals surface area contributed by atoms with E-state index in [1.54, 1.807) is 0 Å². The lowest BCUT2D eigenvalue weighted by molar-refractivity contribution is -0.897. The lowest BCUT2D eigenvalue weighted by Crippen LogP contribution is -3.16. The highest BCUT2D eigenvalue weighted by Gasteiger charge is 2.26. The monoisotopic (exact) mass is 396 g/mol. The summed E-state index contributed by atoms with van der Waals surface area (Å²) in [5, 5.41) is 3.69. The van der Waals surface area contributed by atoms with E-state index in [0.29, 0.717) is 13.1 Å². The standard InChI is InChI=1S/C20H31ClN4O2/c1-3-4-9-22-19(26)15-24-10-12-25(13-11-24)20(27)16-23(2)14-17-5-7-18(21)8-6-17/h5-8H,3-4,9-16H2,1-2H3,(H,22,26)/p+2. The average Bonchev–Trinajstić information content (AvgIpc) is 2.64. The van der Waals surface area contributed by atoms with Gasteiger partial charge in [0.1, 0.15) is 6.54 Å². The van der Waals surface area contributed by atoms with Crippen LogP contribution in [0.15, 0.2) is 24.3 Å². The summed E-state index contributed by atoms with van der Waals surface area (Å²) in [6.07, 6.45) is 2.11. The quantitative estimate of drug-likeness (QED) is 0.469. The molecule has 1 saturated heterocycles. The van der Waals surface area contributed by atoms with E-state index < -0.39 is 0 Å². The van der Waals surface area contributed by atoms with Crippen LogP contribution in [0, 0.1) is 0 Å². The first-order chi connectivity index (χ1) is 13.0. The maximum absolute atomic E-state index is 12.6. The number of nitrogens with one attached hydrogen (secondary N) is 3. The summed E-state index contributed by atoms with van der Waals surface area (Å²) >= 11 is 5.91. The second-order valence-electron chi connectivity index (χ2n) is 7.45. The van der Waals surface area contributed by atoms with Gasteiger partial charge in [-0.1, -0.05) is 37.1 Å². The van der Waals surface area contributed by atoms with Crippen molar-refractivity contribution in [1.82, 2.24) is 10.2 Å². The third kappa shape index (κ3) is 7.87. The van der Waals surface area contributed by atoms with Crippen molar-refractivity contribution >= 4 is 23.4 Å². The molecule has 0 radical (unpaired) electrons. The molecule has 0 spiro atoms. The Labute approximate surface area is 167 Å². The maximum atomic E-state index is 12.6. The van der Waals surface area contributed by atoms with Crippen LogP contribution >= 0.6 is 11.6 Å². The molecule has 27 heavy (non-hydrogen) atoms. The van der Waals surface area contributed by atoms with E-state index in [-0.39, 0.29) is 11.8 Å². The molecule has 7 heteroatoms. The SMILES string of the molecule is CCCCNC(=O)C[NH+]1CCN(C(=O)C[NH+](C)Cc2ccc(Cl)cc2)CC1. The Morgan fingerprint density at radius 3 is 2.52 bits per heavy atom. The van der Waals surface area contributed by atoms with Crippen molar-refractivity contribution in [3.05, 3.63) is 34.9 Å². The molecular weight excluding hydrogens is 364 g/mol. The van der Waals surface area contributed by atoms with Crippen LogP contribution in [-0.4, -0.2) is 69.6 Å². The molecule has 1 aromatic carbocycles. The van der Waals surface area contributed by atoms with Gasteiger partial charge in [0, 0.05) is 17.1 Å². The summed E-state index contributed by atoms with van der Waals surface area (Å²) in [6, 6.07) is 7.77. The molecule has 1 aliphatic heterocycles. The minimum Gasteiger partial charge on any atom is -0.351 e. The zero-order valence-electron chi connectivity index (χ0n) is 16.5. The predicted octanol–water partition coefficient (Wildman–Crippen LogP) is -1.00. The number of benzene rings is 1. The first kappa shape index (κ1) is 21.7. The summed E-state index contributed by atoms with van der Waals surface area (Å²) in [4.78, 5) is 28.8. The van der Waals surface area contributed by atoms with E-state index in [2.05, 4.69) is 12.2 Å². The number of hydrogen-bond donors (Lipinski definition) is 3. The Hall–Kier alpha value is -1.63. The van der Waals surface area contributed by atoms with Gasteiger partial charge < -0.3 is 20.0 Å². The number of halogens is 1. The fourth-order valence-corrected chi connectivity index (χ4v) is 3.45. The normalized spacial score (nSPS) is 16.2. The number of rotatable bonds is 9. The van der Waals surface area contributed by atoms with Gasteiger partial charge in [0.25, 0.3) is 11.8 Å². The fourth-order valence-electron chi connectivity index (χ4n) is 3.33. The van der Waals surface area contributed by atoms with Gasteiger partial charge >= 0.3 is 0 Å². The van der Waals surface area contributed by atoms with Crippen LogP contribution in [0.1, 0.15) is 25.3 Å². The van der Waals surface area contributed by atoms with Crippen LogP contribution < -0.4 is 15.1 Å². The van der Waals surface area contributed by atoms with E-state index in [0.717, 1.165) is 62.0 Å². The molecule has 0 aliphatic carbocycles. The molecule has 1 heterocycles. The number of amides is 2. The number of likely N-dealkylation sites (N-methyl/N-ethyl adjacent to an activating group) is 1. The van der Waals surface area contributed by atoms with Gasteiger partial charge in [-0.25, -0.2) is 0 Å². The Morgan fingerprint density at radius 1 is 1.22 bits per heavy atom. The highest BCUT2D eigenvalue weighted by Crippen LogP contribution is 2.08. The van der Waals surface area contributed by atoms with Crippen molar-refractivity contribution < 1.29 is 19.4 Å². The van der Waals surface area contributed by atoms with Gasteiger partial charge in [0.15, 0.2) is 13.1 Å². The van der Waals surface area contributed by atoms with Gasteiger partial charge in [0.05, 0.1) is 33.2 Å². The predicted molar refractivity (Wildman–Crippen MR) is 107 cm³/mol. The topological polar surface area (TPSA) is 58.3 Å². The summed E-state index contributed by atoms with van der Waals surface area (Å²) in [6.45, 7) is 7.79. The second kappa shape index (κ2) is 11.3. The molecular formula is C20H33ClN4O2+2. The molecule has 0 bridgehead atoms. The molecule has 1 aromatic rings. The fraction of sp³-hybridized carbons (Fsp3) is 0.600. The highest BCUT2D eigenvalue weighted by molar-refractivity contribution is 6.30. The summed E-state index contributed by atoms with van der Waals surface area (Å²) in [5.41, 5.74) is 1.17. The minimum absolute atomic E-state index is 0.116. The smallest absolute Gasteiger partial charge is 0.278 e. The van der Waals surface area contributed by atoms with Gasteiger partial charge in [0.2, 0.25) is 0 Å². The molecule has 1 fully saturated rings. The third-order valence-corrected chi connectivity index (χ3v) is 5.21. The van der Waals surface area contributed by atoms with Crippen molar-refractivity contribution in [2.75, 3.05) is 52.9 Å². The van der Waals surface area contributed by atoms with Crippen molar-refractivity contribution in [3.8, 4) is 0 Å². The Morgan fingerprint density at radius 2 is 1.89 bits per heavy atom. The van der Waals surface area contributed by atoms with E-state index in [1.165, 1.54) is 10.5 Å². The molecule has 150 valence electrons. The lowest BCUT2D eigenvalue weighted by Gasteiger charge is -2.32. The third-order valence-electron chi connectivity index (χ3n) is 4.96. The molecule has 6 nitrogen and oxygen atoms in total. The number of carbonyl (C=O) groups excluding carboxylic acids is 2. The molecule has 1 unspecified atom stereocenters. The Kier molecular flexibility index (Phi) is 9.04. The van der Waals surface area contributed by atoms with Crippen LogP contribution in [0.25, 0.3) is 0 Å². The number of nitrogens with zero attached hydrogens (tertiary/aromatic N) is 1. The number of piperazine rings is 1. The first-order valence-electron chi connectivity index (χ1n) is 9.91. The van der Waals surface area contributed by atoms with Crippen molar-refractivity contribution in [2.45, 2.75) is 26.3 Å². The molecule has 0 saturated carbocycles. The van der Waals surface area contributed by atoms with Gasteiger partial charge in [-0.05, 0) is 18.6 Å². The zero-order chi connectivity index (χ0) is 19.6. The van der Waals surface area contributed by atoms with Crippen LogP contribution in [0.3, 0.4) is 0 Å². The van der Waals surface area contributed by atoms with Gasteiger partial charge in [-0.2, -0.15) is 0 Å². The van der Waals surface area contributed by atoms with E-state index in [1.807, 2.05) is 36.2 Å². The van der Waals surface area contributed by atoms with E-state index in [4.69, 9.17) is 11.6 Å². The van der Waals surface area contributed by atoms with Crippen LogP contribution in [0.2, 0.25) is 5.02 Å². The highest BCUT2D eigenvalue weighted by atomic mass is 35.5. The molecule has 2 rings (SSSR count). The zero-order valence-corrected chi connectivity index (χ0v) is 17.3. The summed E-state index contributed by atoms with van der Waals surface area (Å²) in [7, 11) is 2.04. The van der Waals surface area contributed by atoms with Crippen molar-refractivity contribution in [1.29, 1.82) is 0 Å². The maximum Gasteiger partial charge on any atom is 0.278 e. The average molecular weight is 397 g/mol. The molecule has 0 aromatic heterocycles. The minimum atomic E-state index is 0.116. The molecule has 1 atom stereocenters. The first-order valence-corrected chi connectivity index (χ1v) is 10.3. The largest absolute Gasteiger partial charge is 0.351 e. The number of quaternary nitrogens is 2. The molecule has 1 aliphatic rings. The Bertz CT molecular complexity index is 601. The van der Waals surface area contributed by atoms with Gasteiger partial charge in [-0.15, -0.1) is 0 Å². The summed E-state index contributed by atoms with van der Waals surface area (Å²) < 4.78 is 0. The summed E-state index contributed by atoms with van der Waals surface area (Å²) in [5.74, 6) is 0.304. The van der Waals surface area contributed by atoms with Crippen molar-refractivity contribution in [2.24, 2.45) is 0 Å². The molecule has 2 amide bonds. The number of unbranched alkanes of at least 4 members (excludes halogenated alkanes) is 1. The van der Waals surface area contributed by atoms with Crippen LogP contribution in [-0.2, 0) is 16.1 Å². The lowest BCUT2D eigenvalue weighted by atomic mass is 10.2. The van der Waals surface area contributed by atoms with Gasteiger partial charge in [-0.3, -0.25) is 9.59 Å². The number of carbonyl (C=O) groups is 2. The molecule has 3 N–H and O–H groups in total. The van der Waals surface area contributed by atoms with E-state index in [9.17, 15) is 9.59 Å². The van der Waals surface area contributed by atoms with Crippen LogP contribution in [0.5, 0.6) is 0 Å². The van der Waals surface area contributed by atoms with Crippen LogP contribution in [0.4, 0.5) is 0 Å². The Balaban J connectivity index is 1.68.